The Labute approximate surface area is 210 Å². The molecule has 0 unspecified atom stereocenters. The first kappa shape index (κ1) is 26.3. The topological polar surface area (TPSA) is 95.5 Å². The standard InChI is InChI=1S/C28H30N2O6/c1-5-14-34-23-11-8-22(9-12-23)28(32)36-25-13-7-21(16-26(25)33-4)17-29-30-27(31)18-35-24-10-6-19(2)20(3)15-24/h6-13,15-17H,5,14,18H2,1-4H3,(H,30,31)/b29-17-. The van der Waals surface area contributed by atoms with E-state index in [9.17, 15) is 9.59 Å². The summed E-state index contributed by atoms with van der Waals surface area (Å²) < 4.78 is 21.9. The summed E-state index contributed by atoms with van der Waals surface area (Å²) in [4.78, 5) is 24.6. The number of ether oxygens (including phenoxy) is 4. The Bertz CT molecular complexity index is 1220. The number of aryl methyl sites for hydroxylation is 2. The minimum Gasteiger partial charge on any atom is -0.494 e. The van der Waals surface area contributed by atoms with Gasteiger partial charge in [-0.1, -0.05) is 13.0 Å². The van der Waals surface area contributed by atoms with Crippen molar-refractivity contribution in [1.29, 1.82) is 0 Å². The number of hydrazone groups is 1. The number of esters is 1. The van der Waals surface area contributed by atoms with Crippen molar-refractivity contribution >= 4 is 18.1 Å². The van der Waals surface area contributed by atoms with Crippen LogP contribution in [0.1, 0.15) is 40.4 Å². The minimum atomic E-state index is -0.521. The van der Waals surface area contributed by atoms with Gasteiger partial charge in [0.1, 0.15) is 11.5 Å². The molecule has 0 heterocycles. The molecule has 0 aliphatic rings. The molecule has 0 atom stereocenters. The Balaban J connectivity index is 1.54. The number of hydrogen-bond donors (Lipinski definition) is 1. The van der Waals surface area contributed by atoms with E-state index in [1.807, 2.05) is 39.0 Å². The molecule has 0 spiro atoms. The van der Waals surface area contributed by atoms with Gasteiger partial charge in [-0.15, -0.1) is 0 Å². The Morgan fingerprint density at radius 1 is 0.889 bits per heavy atom. The van der Waals surface area contributed by atoms with Gasteiger partial charge in [-0.3, -0.25) is 4.79 Å². The second-order valence-electron chi connectivity index (χ2n) is 8.00. The van der Waals surface area contributed by atoms with Crippen molar-refractivity contribution in [3.05, 3.63) is 82.9 Å². The largest absolute Gasteiger partial charge is 0.494 e. The molecule has 0 bridgehead atoms. The van der Waals surface area contributed by atoms with E-state index in [0.29, 0.717) is 35.0 Å². The third-order valence-electron chi connectivity index (χ3n) is 5.20. The van der Waals surface area contributed by atoms with Gasteiger partial charge >= 0.3 is 5.97 Å². The van der Waals surface area contributed by atoms with Gasteiger partial charge in [0.2, 0.25) is 0 Å². The monoisotopic (exact) mass is 490 g/mol. The lowest BCUT2D eigenvalue weighted by Gasteiger charge is -2.10. The molecule has 188 valence electrons. The van der Waals surface area contributed by atoms with Crippen LogP contribution in [0.2, 0.25) is 0 Å². The fourth-order valence-electron chi connectivity index (χ4n) is 3.08. The third-order valence-corrected chi connectivity index (χ3v) is 5.20. The number of carbonyl (C=O) groups excluding carboxylic acids is 2. The van der Waals surface area contributed by atoms with Gasteiger partial charge in [0.25, 0.3) is 5.91 Å². The van der Waals surface area contributed by atoms with Crippen LogP contribution in [0, 0.1) is 13.8 Å². The highest BCUT2D eigenvalue weighted by molar-refractivity contribution is 5.92. The summed E-state index contributed by atoms with van der Waals surface area (Å²) in [6, 6.07) is 17.3. The fourth-order valence-corrected chi connectivity index (χ4v) is 3.08. The van der Waals surface area contributed by atoms with Crippen molar-refractivity contribution in [2.75, 3.05) is 20.3 Å². The summed E-state index contributed by atoms with van der Waals surface area (Å²) in [5, 5.41) is 3.95. The number of rotatable bonds is 11. The first-order valence-electron chi connectivity index (χ1n) is 11.5. The Morgan fingerprint density at radius 2 is 1.64 bits per heavy atom. The van der Waals surface area contributed by atoms with E-state index in [1.54, 1.807) is 42.5 Å². The highest BCUT2D eigenvalue weighted by Gasteiger charge is 2.13. The Hall–Kier alpha value is -4.33. The first-order valence-corrected chi connectivity index (χ1v) is 11.5. The Kier molecular flexibility index (Phi) is 9.45. The predicted molar refractivity (Wildman–Crippen MR) is 137 cm³/mol. The van der Waals surface area contributed by atoms with E-state index in [1.165, 1.54) is 13.3 Å². The zero-order valence-corrected chi connectivity index (χ0v) is 20.9. The molecule has 0 fully saturated rings. The molecular weight excluding hydrogens is 460 g/mol. The molecule has 1 N–H and O–H groups in total. The van der Waals surface area contributed by atoms with Crippen molar-refractivity contribution in [3.8, 4) is 23.0 Å². The van der Waals surface area contributed by atoms with Crippen molar-refractivity contribution in [1.82, 2.24) is 5.43 Å². The van der Waals surface area contributed by atoms with Crippen LogP contribution in [0.15, 0.2) is 65.8 Å². The summed E-state index contributed by atoms with van der Waals surface area (Å²) >= 11 is 0. The van der Waals surface area contributed by atoms with E-state index in [-0.39, 0.29) is 12.4 Å². The number of benzene rings is 3. The summed E-state index contributed by atoms with van der Waals surface area (Å²) in [6.45, 7) is 6.46. The van der Waals surface area contributed by atoms with Crippen molar-refractivity contribution < 1.29 is 28.5 Å². The average molecular weight is 491 g/mol. The van der Waals surface area contributed by atoms with Gasteiger partial charge < -0.3 is 18.9 Å². The van der Waals surface area contributed by atoms with Crippen LogP contribution >= 0.6 is 0 Å². The molecule has 0 aliphatic carbocycles. The maximum atomic E-state index is 12.5. The summed E-state index contributed by atoms with van der Waals surface area (Å²) in [5.41, 5.74) is 5.68. The lowest BCUT2D eigenvalue weighted by molar-refractivity contribution is -0.123. The molecule has 36 heavy (non-hydrogen) atoms. The maximum absolute atomic E-state index is 12.5. The number of amides is 1. The van der Waals surface area contributed by atoms with Crippen LogP contribution in [0.3, 0.4) is 0 Å². The summed E-state index contributed by atoms with van der Waals surface area (Å²) in [5.74, 6) is 1.00. The quantitative estimate of drug-likeness (QED) is 0.179. The van der Waals surface area contributed by atoms with Crippen LogP contribution < -0.4 is 24.4 Å². The van der Waals surface area contributed by atoms with Crippen LogP contribution in [0.5, 0.6) is 23.0 Å². The second-order valence-corrected chi connectivity index (χ2v) is 8.00. The number of carbonyl (C=O) groups is 2. The summed E-state index contributed by atoms with van der Waals surface area (Å²) in [6.07, 6.45) is 2.36. The molecule has 3 aromatic rings. The van der Waals surface area contributed by atoms with Crippen LogP contribution in [0.4, 0.5) is 0 Å². The highest BCUT2D eigenvalue weighted by atomic mass is 16.6. The molecule has 8 nitrogen and oxygen atoms in total. The van der Waals surface area contributed by atoms with E-state index in [2.05, 4.69) is 10.5 Å². The molecule has 0 aliphatic heterocycles. The van der Waals surface area contributed by atoms with Gasteiger partial charge in [0.05, 0.1) is 25.5 Å². The zero-order valence-electron chi connectivity index (χ0n) is 20.9. The second kappa shape index (κ2) is 12.9. The van der Waals surface area contributed by atoms with E-state index < -0.39 is 11.9 Å². The van der Waals surface area contributed by atoms with Gasteiger partial charge in [0.15, 0.2) is 18.1 Å². The number of methoxy groups -OCH3 is 1. The molecule has 3 aromatic carbocycles. The third kappa shape index (κ3) is 7.59. The smallest absolute Gasteiger partial charge is 0.343 e. The van der Waals surface area contributed by atoms with E-state index >= 15 is 0 Å². The molecule has 0 aromatic heterocycles. The fraction of sp³-hybridized carbons (Fsp3) is 0.250. The van der Waals surface area contributed by atoms with Crippen LogP contribution in [0.25, 0.3) is 0 Å². The lowest BCUT2D eigenvalue weighted by Crippen LogP contribution is -2.24. The van der Waals surface area contributed by atoms with Crippen LogP contribution in [-0.4, -0.2) is 38.4 Å². The van der Waals surface area contributed by atoms with E-state index in [0.717, 1.165) is 17.5 Å². The minimum absolute atomic E-state index is 0.163. The average Bonchev–Trinajstić information content (AvgIpc) is 2.89. The Morgan fingerprint density at radius 3 is 2.33 bits per heavy atom. The normalized spacial score (nSPS) is 10.7. The van der Waals surface area contributed by atoms with Gasteiger partial charge in [-0.25, -0.2) is 10.2 Å². The lowest BCUT2D eigenvalue weighted by atomic mass is 10.1. The molecule has 0 saturated heterocycles. The first-order chi connectivity index (χ1) is 17.4. The number of nitrogens with one attached hydrogen (secondary N) is 1. The van der Waals surface area contributed by atoms with Crippen molar-refractivity contribution in [3.63, 3.8) is 0 Å². The number of nitrogens with zero attached hydrogens (tertiary/aromatic N) is 1. The summed E-state index contributed by atoms with van der Waals surface area (Å²) in [7, 11) is 1.47. The SMILES string of the molecule is CCCOc1ccc(C(=O)Oc2ccc(/C=N\NC(=O)COc3ccc(C)c(C)c3)cc2OC)cc1. The number of hydrogen-bond acceptors (Lipinski definition) is 7. The van der Waals surface area contributed by atoms with Crippen molar-refractivity contribution in [2.24, 2.45) is 5.10 Å². The van der Waals surface area contributed by atoms with Gasteiger partial charge in [-0.05, 0) is 91.6 Å². The van der Waals surface area contributed by atoms with E-state index in [4.69, 9.17) is 18.9 Å². The highest BCUT2D eigenvalue weighted by Crippen LogP contribution is 2.28. The molecule has 3 rings (SSSR count). The molecular formula is C28H30N2O6. The molecule has 8 heteroatoms. The molecule has 0 radical (unpaired) electrons. The molecule has 0 saturated carbocycles. The van der Waals surface area contributed by atoms with Gasteiger partial charge in [0, 0.05) is 0 Å². The van der Waals surface area contributed by atoms with Crippen LogP contribution in [-0.2, 0) is 4.79 Å². The van der Waals surface area contributed by atoms with Gasteiger partial charge in [-0.2, -0.15) is 5.10 Å². The zero-order chi connectivity index (χ0) is 25.9. The predicted octanol–water partition coefficient (Wildman–Crippen LogP) is 4.85. The maximum Gasteiger partial charge on any atom is 0.343 e. The molecule has 1 amide bonds. The van der Waals surface area contributed by atoms with Crippen molar-refractivity contribution in [2.45, 2.75) is 27.2 Å².